The molecular formula is C29H31N5O4. The van der Waals surface area contributed by atoms with E-state index in [-0.39, 0.29) is 11.9 Å². The number of amides is 1. The van der Waals surface area contributed by atoms with Crippen LogP contribution >= 0.6 is 0 Å². The van der Waals surface area contributed by atoms with Crippen LogP contribution in [0.1, 0.15) is 49.5 Å². The Kier molecular flexibility index (Phi) is 7.09. The standard InChI is InChI=1S/C29H31N5O4/c1-29(2,3)38-28(36)33-15-13-20(14-16-33)18-34-26-24(17-32-34)27(31-19-30-26)37-23-11-9-22(10-12-23)25(35)21-7-5-4-6-8-21/h4-12,17,19-20H,13-16,18H2,1-3H3. The molecule has 0 spiro atoms. The summed E-state index contributed by atoms with van der Waals surface area (Å²) in [5.74, 6) is 1.30. The lowest BCUT2D eigenvalue weighted by Crippen LogP contribution is -2.42. The number of carbonyl (C=O) groups is 2. The van der Waals surface area contributed by atoms with Crippen LogP contribution in [0, 0.1) is 5.92 Å². The number of aromatic nitrogens is 4. The second-order valence-electron chi connectivity index (χ2n) is 10.5. The van der Waals surface area contributed by atoms with Crippen LogP contribution in [0.15, 0.2) is 67.1 Å². The van der Waals surface area contributed by atoms with Crippen molar-refractivity contribution in [2.45, 2.75) is 45.8 Å². The highest BCUT2D eigenvalue weighted by atomic mass is 16.6. The minimum atomic E-state index is -0.497. The van der Waals surface area contributed by atoms with Crippen LogP contribution in [0.25, 0.3) is 11.0 Å². The number of fused-ring (bicyclic) bond motifs is 1. The Bertz CT molecular complexity index is 1420. The van der Waals surface area contributed by atoms with Gasteiger partial charge in [0.2, 0.25) is 5.88 Å². The number of ether oxygens (including phenoxy) is 2. The molecular weight excluding hydrogens is 482 g/mol. The van der Waals surface area contributed by atoms with Gasteiger partial charge >= 0.3 is 6.09 Å². The maximum Gasteiger partial charge on any atom is 0.410 e. The van der Waals surface area contributed by atoms with Gasteiger partial charge in [0.25, 0.3) is 0 Å². The topological polar surface area (TPSA) is 99.4 Å². The number of carbonyl (C=O) groups excluding carboxylic acids is 2. The van der Waals surface area contributed by atoms with Crippen molar-refractivity contribution in [1.82, 2.24) is 24.6 Å². The van der Waals surface area contributed by atoms with Gasteiger partial charge in [-0.15, -0.1) is 0 Å². The monoisotopic (exact) mass is 513 g/mol. The third kappa shape index (κ3) is 5.82. The van der Waals surface area contributed by atoms with E-state index < -0.39 is 5.60 Å². The lowest BCUT2D eigenvalue weighted by molar-refractivity contribution is 0.0177. The van der Waals surface area contributed by atoms with Crippen LogP contribution in [0.5, 0.6) is 11.6 Å². The number of ketones is 1. The van der Waals surface area contributed by atoms with Gasteiger partial charge in [-0.3, -0.25) is 4.79 Å². The second kappa shape index (κ2) is 10.6. The van der Waals surface area contributed by atoms with Gasteiger partial charge in [-0.2, -0.15) is 5.10 Å². The predicted octanol–water partition coefficient (Wildman–Crippen LogP) is 5.50. The molecule has 9 nitrogen and oxygen atoms in total. The summed E-state index contributed by atoms with van der Waals surface area (Å²) in [6.07, 6.45) is 4.65. The Morgan fingerprint density at radius 3 is 2.32 bits per heavy atom. The van der Waals surface area contributed by atoms with E-state index >= 15 is 0 Å². The summed E-state index contributed by atoms with van der Waals surface area (Å²) < 4.78 is 13.4. The molecule has 1 aliphatic rings. The summed E-state index contributed by atoms with van der Waals surface area (Å²) in [5.41, 5.74) is 1.42. The first kappa shape index (κ1) is 25.4. The Hall–Kier alpha value is -4.27. The fraction of sp³-hybridized carbons (Fsp3) is 0.345. The van der Waals surface area contributed by atoms with Crippen molar-refractivity contribution in [2.24, 2.45) is 5.92 Å². The van der Waals surface area contributed by atoms with Crippen LogP contribution in [0.2, 0.25) is 0 Å². The fourth-order valence-corrected chi connectivity index (χ4v) is 4.50. The highest BCUT2D eigenvalue weighted by molar-refractivity contribution is 6.09. The van der Waals surface area contributed by atoms with Gasteiger partial charge in [0, 0.05) is 30.8 Å². The number of benzene rings is 2. The number of hydrogen-bond acceptors (Lipinski definition) is 7. The molecule has 9 heteroatoms. The summed E-state index contributed by atoms with van der Waals surface area (Å²) >= 11 is 0. The molecule has 0 bridgehead atoms. The van der Waals surface area contributed by atoms with Crippen molar-refractivity contribution in [3.05, 3.63) is 78.2 Å². The lowest BCUT2D eigenvalue weighted by Gasteiger charge is -2.33. The van der Waals surface area contributed by atoms with Gasteiger partial charge in [0.05, 0.1) is 6.20 Å². The Balaban J connectivity index is 1.23. The third-order valence-electron chi connectivity index (χ3n) is 6.46. The van der Waals surface area contributed by atoms with Crippen molar-refractivity contribution in [1.29, 1.82) is 0 Å². The highest BCUT2D eigenvalue weighted by Gasteiger charge is 2.27. The van der Waals surface area contributed by atoms with E-state index in [0.717, 1.165) is 12.8 Å². The number of rotatable bonds is 6. The van der Waals surface area contributed by atoms with E-state index in [9.17, 15) is 9.59 Å². The zero-order chi connectivity index (χ0) is 26.7. The van der Waals surface area contributed by atoms with Gasteiger partial charge in [-0.05, 0) is 63.8 Å². The molecule has 3 heterocycles. The molecule has 2 aromatic heterocycles. The first-order valence-corrected chi connectivity index (χ1v) is 12.8. The number of piperidine rings is 1. The third-order valence-corrected chi connectivity index (χ3v) is 6.46. The molecule has 0 atom stereocenters. The van der Waals surface area contributed by atoms with E-state index in [4.69, 9.17) is 9.47 Å². The van der Waals surface area contributed by atoms with Gasteiger partial charge in [-0.25, -0.2) is 19.4 Å². The van der Waals surface area contributed by atoms with Crippen LogP contribution < -0.4 is 4.74 Å². The zero-order valence-corrected chi connectivity index (χ0v) is 21.8. The normalized spacial score (nSPS) is 14.4. The maximum atomic E-state index is 12.7. The fourth-order valence-electron chi connectivity index (χ4n) is 4.50. The molecule has 5 rings (SSSR count). The van der Waals surface area contributed by atoms with E-state index in [1.807, 2.05) is 43.7 Å². The highest BCUT2D eigenvalue weighted by Crippen LogP contribution is 2.28. The Morgan fingerprint density at radius 2 is 1.63 bits per heavy atom. The summed E-state index contributed by atoms with van der Waals surface area (Å²) in [5, 5.41) is 5.26. The molecule has 1 saturated heterocycles. The number of likely N-dealkylation sites (tertiary alicyclic amines) is 1. The van der Waals surface area contributed by atoms with Gasteiger partial charge in [0.1, 0.15) is 23.1 Å². The molecule has 0 aliphatic carbocycles. The van der Waals surface area contributed by atoms with E-state index in [0.29, 0.717) is 59.3 Å². The number of nitrogens with zero attached hydrogens (tertiary/aromatic N) is 5. The van der Waals surface area contributed by atoms with E-state index in [1.165, 1.54) is 6.33 Å². The average Bonchev–Trinajstić information content (AvgIpc) is 3.32. The molecule has 2 aromatic carbocycles. The minimum absolute atomic E-state index is 0.0419. The first-order chi connectivity index (χ1) is 18.3. The molecule has 4 aromatic rings. The smallest absolute Gasteiger partial charge is 0.410 e. The molecule has 0 radical (unpaired) electrons. The summed E-state index contributed by atoms with van der Waals surface area (Å²) in [4.78, 5) is 35.6. The van der Waals surface area contributed by atoms with Crippen molar-refractivity contribution < 1.29 is 19.1 Å². The van der Waals surface area contributed by atoms with Crippen LogP contribution in [-0.4, -0.2) is 55.2 Å². The lowest BCUT2D eigenvalue weighted by atomic mass is 9.97. The SMILES string of the molecule is CC(C)(C)OC(=O)N1CCC(Cn2ncc3c(Oc4ccc(C(=O)c5ccccc5)cc4)ncnc32)CC1. The van der Waals surface area contributed by atoms with Crippen molar-refractivity contribution in [2.75, 3.05) is 13.1 Å². The van der Waals surface area contributed by atoms with Crippen molar-refractivity contribution >= 4 is 22.9 Å². The molecule has 0 unspecified atom stereocenters. The average molecular weight is 514 g/mol. The predicted molar refractivity (Wildman–Crippen MR) is 142 cm³/mol. The van der Waals surface area contributed by atoms with Gasteiger partial charge in [-0.1, -0.05) is 30.3 Å². The Morgan fingerprint density at radius 1 is 0.947 bits per heavy atom. The molecule has 1 amide bonds. The van der Waals surface area contributed by atoms with Gasteiger partial charge < -0.3 is 14.4 Å². The Labute approximate surface area is 221 Å². The molecule has 1 fully saturated rings. The maximum absolute atomic E-state index is 12.7. The number of hydrogen-bond donors (Lipinski definition) is 0. The quantitative estimate of drug-likeness (QED) is 0.314. The molecule has 0 saturated carbocycles. The van der Waals surface area contributed by atoms with Crippen LogP contribution in [-0.2, 0) is 11.3 Å². The van der Waals surface area contributed by atoms with Gasteiger partial charge in [0.15, 0.2) is 11.4 Å². The molecule has 196 valence electrons. The summed E-state index contributed by atoms with van der Waals surface area (Å²) in [6, 6.07) is 16.2. The largest absolute Gasteiger partial charge is 0.444 e. The van der Waals surface area contributed by atoms with E-state index in [1.54, 1.807) is 47.5 Å². The minimum Gasteiger partial charge on any atom is -0.444 e. The van der Waals surface area contributed by atoms with Crippen molar-refractivity contribution in [3.8, 4) is 11.6 Å². The van der Waals surface area contributed by atoms with E-state index in [2.05, 4.69) is 15.1 Å². The molecule has 38 heavy (non-hydrogen) atoms. The summed E-state index contributed by atoms with van der Waals surface area (Å²) in [6.45, 7) is 7.64. The van der Waals surface area contributed by atoms with Crippen LogP contribution in [0.4, 0.5) is 4.79 Å². The molecule has 1 aliphatic heterocycles. The first-order valence-electron chi connectivity index (χ1n) is 12.8. The molecule has 0 N–H and O–H groups in total. The van der Waals surface area contributed by atoms with Crippen LogP contribution in [0.3, 0.4) is 0 Å². The van der Waals surface area contributed by atoms with Crippen molar-refractivity contribution in [3.63, 3.8) is 0 Å². The second-order valence-corrected chi connectivity index (χ2v) is 10.5. The summed E-state index contributed by atoms with van der Waals surface area (Å²) in [7, 11) is 0. The zero-order valence-electron chi connectivity index (χ0n) is 21.8.